The van der Waals surface area contributed by atoms with E-state index in [1.807, 2.05) is 22.9 Å². The van der Waals surface area contributed by atoms with E-state index in [0.717, 1.165) is 0 Å². The zero-order valence-corrected chi connectivity index (χ0v) is 9.20. The Morgan fingerprint density at radius 1 is 1.50 bits per heavy atom. The minimum atomic E-state index is 0.422. The van der Waals surface area contributed by atoms with Gasteiger partial charge in [-0.25, -0.2) is 0 Å². The zero-order chi connectivity index (χ0) is 9.23. The number of nitrogens with zero attached hydrogens (tertiary/aromatic N) is 1. The highest BCUT2D eigenvalue weighted by atomic mass is 127. The molecule has 0 saturated carbocycles. The smallest absolute Gasteiger partial charge is 0.197 e. The SMILES string of the molecule is COCCOCCN=C(N)NI. The normalized spacial score (nSPS) is 11.7. The molecule has 0 aromatic carbocycles. The first kappa shape index (κ1) is 11.9. The quantitative estimate of drug-likeness (QED) is 0.235. The van der Waals surface area contributed by atoms with E-state index in [1.165, 1.54) is 0 Å². The lowest BCUT2D eigenvalue weighted by molar-refractivity contribution is 0.0748. The van der Waals surface area contributed by atoms with Crippen molar-refractivity contribution in [1.29, 1.82) is 0 Å². The third kappa shape index (κ3) is 8.02. The number of hydrogen-bond donors (Lipinski definition) is 2. The average molecular weight is 287 g/mol. The molecule has 0 bridgehead atoms. The molecule has 0 aliphatic carbocycles. The molecule has 12 heavy (non-hydrogen) atoms. The maximum atomic E-state index is 5.37. The summed E-state index contributed by atoms with van der Waals surface area (Å²) in [5.41, 5.74) is 5.37. The second-order valence-corrected chi connectivity index (χ2v) is 2.51. The first-order chi connectivity index (χ1) is 5.81. The molecule has 0 aliphatic heterocycles. The third-order valence-corrected chi connectivity index (χ3v) is 1.60. The van der Waals surface area contributed by atoms with Crippen LogP contribution in [0.2, 0.25) is 0 Å². The molecule has 0 unspecified atom stereocenters. The van der Waals surface area contributed by atoms with Crippen LogP contribution in [0.3, 0.4) is 0 Å². The van der Waals surface area contributed by atoms with Gasteiger partial charge in [-0.05, 0) is 0 Å². The molecule has 0 radical (unpaired) electrons. The molecule has 0 aliphatic rings. The van der Waals surface area contributed by atoms with Gasteiger partial charge in [0, 0.05) is 7.11 Å². The van der Waals surface area contributed by atoms with Crippen molar-refractivity contribution in [2.45, 2.75) is 0 Å². The summed E-state index contributed by atoms with van der Waals surface area (Å²) in [6.45, 7) is 2.36. The standard InChI is InChI=1S/C6H14IN3O2/c1-11-4-5-12-3-2-9-6(8)10-7/h2-5H2,1H3,(H3,8,9,10). The molecule has 5 nitrogen and oxygen atoms in total. The Kier molecular flexibility index (Phi) is 8.95. The van der Waals surface area contributed by atoms with Crippen LogP contribution in [-0.4, -0.2) is 39.4 Å². The van der Waals surface area contributed by atoms with E-state index in [4.69, 9.17) is 15.2 Å². The fraction of sp³-hybridized carbons (Fsp3) is 0.833. The van der Waals surface area contributed by atoms with Crippen molar-refractivity contribution >= 4 is 28.8 Å². The summed E-state index contributed by atoms with van der Waals surface area (Å²) in [6, 6.07) is 0. The highest BCUT2D eigenvalue weighted by molar-refractivity contribution is 14.1. The van der Waals surface area contributed by atoms with Crippen molar-refractivity contribution in [1.82, 2.24) is 3.53 Å². The molecule has 6 heteroatoms. The van der Waals surface area contributed by atoms with Crippen LogP contribution in [0.25, 0.3) is 0 Å². The number of nitrogens with two attached hydrogens (primary N) is 1. The van der Waals surface area contributed by atoms with Crippen molar-refractivity contribution in [3.05, 3.63) is 0 Å². The maximum Gasteiger partial charge on any atom is 0.197 e. The van der Waals surface area contributed by atoms with Crippen LogP contribution in [0.15, 0.2) is 4.99 Å². The Bertz CT molecular complexity index is 132. The predicted molar refractivity (Wildman–Crippen MR) is 56.3 cm³/mol. The van der Waals surface area contributed by atoms with Crippen LogP contribution in [0.4, 0.5) is 0 Å². The minimum absolute atomic E-state index is 0.422. The summed E-state index contributed by atoms with van der Waals surface area (Å²) in [5.74, 6) is 0.422. The van der Waals surface area contributed by atoms with Gasteiger partial charge in [0.05, 0.1) is 49.2 Å². The Balaban J connectivity index is 3.10. The number of halogens is 1. The van der Waals surface area contributed by atoms with Gasteiger partial charge in [0.25, 0.3) is 0 Å². The fourth-order valence-electron chi connectivity index (χ4n) is 0.505. The number of methoxy groups -OCH3 is 1. The Labute approximate surface area is 86.2 Å². The molecular formula is C6H14IN3O2. The molecule has 0 rings (SSSR count). The Morgan fingerprint density at radius 3 is 2.83 bits per heavy atom. The van der Waals surface area contributed by atoms with Gasteiger partial charge in [-0.1, -0.05) is 0 Å². The van der Waals surface area contributed by atoms with E-state index in [2.05, 4.69) is 8.52 Å². The van der Waals surface area contributed by atoms with Crippen molar-refractivity contribution in [3.63, 3.8) is 0 Å². The molecule has 0 amide bonds. The van der Waals surface area contributed by atoms with E-state index in [9.17, 15) is 0 Å². The van der Waals surface area contributed by atoms with Crippen LogP contribution < -0.4 is 9.26 Å². The lowest BCUT2D eigenvalue weighted by Gasteiger charge is -2.00. The summed E-state index contributed by atoms with van der Waals surface area (Å²) in [4.78, 5) is 3.95. The highest BCUT2D eigenvalue weighted by Gasteiger charge is 1.87. The van der Waals surface area contributed by atoms with E-state index in [0.29, 0.717) is 32.3 Å². The summed E-state index contributed by atoms with van der Waals surface area (Å²) in [7, 11) is 1.64. The van der Waals surface area contributed by atoms with Crippen molar-refractivity contribution < 1.29 is 9.47 Å². The van der Waals surface area contributed by atoms with Gasteiger partial charge in [-0.15, -0.1) is 0 Å². The van der Waals surface area contributed by atoms with Gasteiger partial charge >= 0.3 is 0 Å². The largest absolute Gasteiger partial charge is 0.382 e. The van der Waals surface area contributed by atoms with Crippen molar-refractivity contribution in [3.8, 4) is 0 Å². The zero-order valence-electron chi connectivity index (χ0n) is 7.05. The molecule has 0 fully saturated rings. The predicted octanol–water partition coefficient (Wildman–Crippen LogP) is -0.0963. The Hall–Kier alpha value is -0.0800. The topological polar surface area (TPSA) is 68.9 Å². The van der Waals surface area contributed by atoms with Gasteiger partial charge < -0.3 is 15.2 Å². The lowest BCUT2D eigenvalue weighted by atomic mass is 10.7. The van der Waals surface area contributed by atoms with Gasteiger partial charge in [0.2, 0.25) is 0 Å². The van der Waals surface area contributed by atoms with Gasteiger partial charge in [0.1, 0.15) is 0 Å². The lowest BCUT2D eigenvalue weighted by Crippen LogP contribution is -2.23. The monoisotopic (exact) mass is 287 g/mol. The van der Waals surface area contributed by atoms with Crippen molar-refractivity contribution in [2.75, 3.05) is 33.5 Å². The second kappa shape index (κ2) is 9.01. The van der Waals surface area contributed by atoms with Crippen molar-refractivity contribution in [2.24, 2.45) is 10.7 Å². The summed E-state index contributed by atoms with van der Waals surface area (Å²) >= 11 is 1.92. The Morgan fingerprint density at radius 2 is 2.25 bits per heavy atom. The highest BCUT2D eigenvalue weighted by Crippen LogP contribution is 1.78. The van der Waals surface area contributed by atoms with Crippen LogP contribution in [0.5, 0.6) is 0 Å². The third-order valence-electron chi connectivity index (χ3n) is 1.05. The van der Waals surface area contributed by atoms with Gasteiger partial charge in [0.15, 0.2) is 5.96 Å². The second-order valence-electron chi connectivity index (χ2n) is 1.97. The molecule has 72 valence electrons. The van der Waals surface area contributed by atoms with Gasteiger partial charge in [-0.2, -0.15) is 0 Å². The van der Waals surface area contributed by atoms with E-state index >= 15 is 0 Å². The van der Waals surface area contributed by atoms with Crippen LogP contribution in [0, 0.1) is 0 Å². The first-order valence-electron chi connectivity index (χ1n) is 3.54. The first-order valence-corrected chi connectivity index (χ1v) is 4.62. The number of ether oxygens (including phenoxy) is 2. The average Bonchev–Trinajstić information content (AvgIpc) is 2.10. The number of aliphatic imine (C=N–C) groups is 1. The number of rotatable bonds is 6. The summed E-state index contributed by atoms with van der Waals surface area (Å²) in [6.07, 6.45) is 0. The minimum Gasteiger partial charge on any atom is -0.382 e. The van der Waals surface area contributed by atoms with E-state index in [-0.39, 0.29) is 0 Å². The van der Waals surface area contributed by atoms with E-state index in [1.54, 1.807) is 7.11 Å². The van der Waals surface area contributed by atoms with Crippen LogP contribution in [0.1, 0.15) is 0 Å². The molecular weight excluding hydrogens is 273 g/mol. The number of guanidine groups is 1. The van der Waals surface area contributed by atoms with Crippen LogP contribution in [-0.2, 0) is 9.47 Å². The van der Waals surface area contributed by atoms with Crippen LogP contribution >= 0.6 is 22.9 Å². The molecule has 0 aromatic heterocycles. The molecule has 0 heterocycles. The van der Waals surface area contributed by atoms with Gasteiger partial charge in [-0.3, -0.25) is 8.52 Å². The molecule has 3 N–H and O–H groups in total. The molecule has 0 spiro atoms. The number of nitrogens with one attached hydrogen (secondary N) is 1. The maximum absolute atomic E-state index is 5.37. The molecule has 0 aromatic rings. The molecule has 0 atom stereocenters. The summed E-state index contributed by atoms with van der Waals surface area (Å²) in [5, 5.41) is 0. The summed E-state index contributed by atoms with van der Waals surface area (Å²) < 4.78 is 12.6. The number of hydrogen-bond acceptors (Lipinski definition) is 3. The fourth-order valence-corrected chi connectivity index (χ4v) is 0.675. The molecule has 0 saturated heterocycles. The van der Waals surface area contributed by atoms with E-state index < -0.39 is 0 Å².